The Morgan fingerprint density at radius 2 is 1.78 bits per heavy atom. The quantitative estimate of drug-likeness (QED) is 0.873. The van der Waals surface area contributed by atoms with E-state index in [0.29, 0.717) is 27.1 Å². The summed E-state index contributed by atoms with van der Waals surface area (Å²) < 4.78 is 5.71. The van der Waals surface area contributed by atoms with Crippen molar-refractivity contribution >= 4 is 23.2 Å². The van der Waals surface area contributed by atoms with Gasteiger partial charge >= 0.3 is 0 Å². The van der Waals surface area contributed by atoms with Crippen LogP contribution in [0.5, 0.6) is 11.5 Å². The lowest BCUT2D eigenvalue weighted by atomic mass is 10.1. The minimum Gasteiger partial charge on any atom is -0.455 e. The summed E-state index contributed by atoms with van der Waals surface area (Å²) in [6.45, 7) is 1.68. The van der Waals surface area contributed by atoms with Gasteiger partial charge in [0.2, 0.25) is 0 Å². The third-order valence-electron chi connectivity index (χ3n) is 2.48. The molecule has 2 aromatic carbocycles. The number of benzene rings is 2. The predicted octanol–water partition coefficient (Wildman–Crippen LogP) is 4.84. The van der Waals surface area contributed by atoms with Gasteiger partial charge in [-0.15, -0.1) is 0 Å². The van der Waals surface area contributed by atoms with Gasteiger partial charge in [-0.2, -0.15) is 0 Å². The van der Waals surface area contributed by atoms with Crippen molar-refractivity contribution in [1.29, 1.82) is 0 Å². The van der Waals surface area contributed by atoms with E-state index in [0.717, 1.165) is 0 Å². The summed E-state index contributed by atoms with van der Waals surface area (Å²) in [7, 11) is 0. The predicted molar refractivity (Wildman–Crippen MR) is 73.6 cm³/mol. The zero-order valence-electron chi connectivity index (χ0n) is 9.73. The fourth-order valence-corrected chi connectivity index (χ4v) is 1.91. The SMILES string of the molecule is CC(O)c1ccccc1Oc1cc(Cl)ccc1Cl. The lowest BCUT2D eigenvalue weighted by Gasteiger charge is -2.13. The van der Waals surface area contributed by atoms with Gasteiger partial charge in [-0.3, -0.25) is 0 Å². The lowest BCUT2D eigenvalue weighted by Crippen LogP contribution is -1.96. The van der Waals surface area contributed by atoms with E-state index in [1.165, 1.54) is 0 Å². The van der Waals surface area contributed by atoms with Crippen molar-refractivity contribution in [2.45, 2.75) is 13.0 Å². The molecular weight excluding hydrogens is 271 g/mol. The third-order valence-corrected chi connectivity index (χ3v) is 3.03. The minimum atomic E-state index is -0.612. The van der Waals surface area contributed by atoms with Crippen LogP contribution >= 0.6 is 23.2 Å². The van der Waals surface area contributed by atoms with Gasteiger partial charge in [-0.1, -0.05) is 41.4 Å². The van der Waals surface area contributed by atoms with Gasteiger partial charge in [0.25, 0.3) is 0 Å². The molecular formula is C14H12Cl2O2. The molecule has 0 aromatic heterocycles. The molecule has 0 saturated carbocycles. The van der Waals surface area contributed by atoms with E-state index in [-0.39, 0.29) is 0 Å². The lowest BCUT2D eigenvalue weighted by molar-refractivity contribution is 0.195. The molecule has 1 N–H and O–H groups in total. The summed E-state index contributed by atoms with van der Waals surface area (Å²) in [5.41, 5.74) is 0.702. The van der Waals surface area contributed by atoms with E-state index in [1.807, 2.05) is 12.1 Å². The molecule has 94 valence electrons. The summed E-state index contributed by atoms with van der Waals surface area (Å²) in [5, 5.41) is 10.7. The monoisotopic (exact) mass is 282 g/mol. The Morgan fingerprint density at radius 1 is 1.06 bits per heavy atom. The second-order valence-electron chi connectivity index (χ2n) is 3.89. The van der Waals surface area contributed by atoms with Crippen LogP contribution in [0.2, 0.25) is 10.0 Å². The Balaban J connectivity index is 2.37. The van der Waals surface area contributed by atoms with E-state index in [1.54, 1.807) is 37.3 Å². The molecule has 0 aliphatic heterocycles. The maximum absolute atomic E-state index is 9.67. The molecule has 0 aliphatic carbocycles. The van der Waals surface area contributed by atoms with Gasteiger partial charge < -0.3 is 9.84 Å². The van der Waals surface area contributed by atoms with Gasteiger partial charge in [-0.05, 0) is 25.1 Å². The average molecular weight is 283 g/mol. The van der Waals surface area contributed by atoms with Crippen LogP contribution in [-0.2, 0) is 0 Å². The summed E-state index contributed by atoms with van der Waals surface area (Å²) >= 11 is 11.9. The normalized spacial score (nSPS) is 12.2. The largest absolute Gasteiger partial charge is 0.455 e. The van der Waals surface area contributed by atoms with Crippen molar-refractivity contribution in [2.24, 2.45) is 0 Å². The van der Waals surface area contributed by atoms with Crippen LogP contribution in [0.25, 0.3) is 0 Å². The van der Waals surface area contributed by atoms with Crippen LogP contribution in [0.1, 0.15) is 18.6 Å². The fraction of sp³-hybridized carbons (Fsp3) is 0.143. The third kappa shape index (κ3) is 2.96. The second-order valence-corrected chi connectivity index (χ2v) is 4.73. The highest BCUT2D eigenvalue weighted by Gasteiger charge is 2.11. The molecule has 1 atom stereocenters. The van der Waals surface area contributed by atoms with E-state index >= 15 is 0 Å². The van der Waals surface area contributed by atoms with Crippen LogP contribution < -0.4 is 4.74 Å². The van der Waals surface area contributed by atoms with E-state index in [2.05, 4.69) is 0 Å². The number of hydrogen-bond donors (Lipinski definition) is 1. The molecule has 2 aromatic rings. The van der Waals surface area contributed by atoms with Gasteiger partial charge in [-0.25, -0.2) is 0 Å². The number of hydrogen-bond acceptors (Lipinski definition) is 2. The minimum absolute atomic E-state index is 0.470. The summed E-state index contributed by atoms with van der Waals surface area (Å²) in [5.74, 6) is 1.04. The Bertz CT molecular complexity index is 553. The number of rotatable bonds is 3. The maximum atomic E-state index is 9.67. The summed E-state index contributed by atoms with van der Waals surface area (Å²) in [6.07, 6.45) is -0.612. The first-order chi connectivity index (χ1) is 8.58. The van der Waals surface area contributed by atoms with E-state index in [4.69, 9.17) is 27.9 Å². The molecule has 4 heteroatoms. The molecule has 0 radical (unpaired) electrons. The molecule has 0 heterocycles. The molecule has 1 unspecified atom stereocenters. The number of aliphatic hydroxyl groups is 1. The zero-order chi connectivity index (χ0) is 13.1. The summed E-state index contributed by atoms with van der Waals surface area (Å²) in [6, 6.07) is 12.3. The maximum Gasteiger partial charge on any atom is 0.147 e. The van der Waals surface area contributed by atoms with Gasteiger partial charge in [0.15, 0.2) is 0 Å². The van der Waals surface area contributed by atoms with E-state index in [9.17, 15) is 5.11 Å². The summed E-state index contributed by atoms with van der Waals surface area (Å²) in [4.78, 5) is 0. The molecule has 0 saturated heterocycles. The van der Waals surface area contributed by atoms with Crippen molar-refractivity contribution < 1.29 is 9.84 Å². The molecule has 0 aliphatic rings. The Labute approximate surface area is 116 Å². The van der Waals surface area contributed by atoms with Crippen LogP contribution in [0.3, 0.4) is 0 Å². The van der Waals surface area contributed by atoms with E-state index < -0.39 is 6.10 Å². The van der Waals surface area contributed by atoms with Crippen LogP contribution in [0, 0.1) is 0 Å². The molecule has 2 rings (SSSR count). The molecule has 0 fully saturated rings. The second kappa shape index (κ2) is 5.61. The average Bonchev–Trinajstić information content (AvgIpc) is 2.34. The topological polar surface area (TPSA) is 29.5 Å². The van der Waals surface area contributed by atoms with Gasteiger partial charge in [0.1, 0.15) is 11.5 Å². The number of aliphatic hydroxyl groups excluding tert-OH is 1. The van der Waals surface area contributed by atoms with Crippen LogP contribution in [0.4, 0.5) is 0 Å². The molecule has 0 amide bonds. The first kappa shape index (κ1) is 13.2. The van der Waals surface area contributed by atoms with Crippen LogP contribution in [0.15, 0.2) is 42.5 Å². The van der Waals surface area contributed by atoms with Crippen molar-refractivity contribution in [3.63, 3.8) is 0 Å². The highest BCUT2D eigenvalue weighted by atomic mass is 35.5. The molecule has 0 bridgehead atoms. The van der Waals surface area contributed by atoms with Crippen molar-refractivity contribution in [1.82, 2.24) is 0 Å². The van der Waals surface area contributed by atoms with Crippen LogP contribution in [-0.4, -0.2) is 5.11 Å². The van der Waals surface area contributed by atoms with Gasteiger partial charge in [0.05, 0.1) is 11.1 Å². The Morgan fingerprint density at radius 3 is 2.50 bits per heavy atom. The van der Waals surface area contributed by atoms with Crippen molar-refractivity contribution in [2.75, 3.05) is 0 Å². The molecule has 0 spiro atoms. The molecule has 2 nitrogen and oxygen atoms in total. The number of halogens is 2. The molecule has 18 heavy (non-hydrogen) atoms. The van der Waals surface area contributed by atoms with Gasteiger partial charge in [0, 0.05) is 16.7 Å². The highest BCUT2D eigenvalue weighted by molar-refractivity contribution is 6.34. The first-order valence-corrected chi connectivity index (χ1v) is 6.23. The van der Waals surface area contributed by atoms with Crippen molar-refractivity contribution in [3.05, 3.63) is 58.1 Å². The smallest absolute Gasteiger partial charge is 0.147 e. The highest BCUT2D eigenvalue weighted by Crippen LogP contribution is 2.34. The number of ether oxygens (including phenoxy) is 1. The first-order valence-electron chi connectivity index (χ1n) is 5.48. The standard InChI is InChI=1S/C14H12Cl2O2/c1-9(17)11-4-2-3-5-13(11)18-14-8-10(15)6-7-12(14)16/h2-9,17H,1H3. The fourth-order valence-electron chi connectivity index (χ4n) is 1.59. The number of para-hydroxylation sites is 1. The Hall–Kier alpha value is -1.22. The Kier molecular flexibility index (Phi) is 4.12. The van der Waals surface area contributed by atoms with Crippen molar-refractivity contribution in [3.8, 4) is 11.5 Å². The zero-order valence-corrected chi connectivity index (χ0v) is 11.2.